The Morgan fingerprint density at radius 1 is 0.951 bits per heavy atom. The van der Waals surface area contributed by atoms with Crippen LogP contribution in [0.5, 0.6) is 11.5 Å². The van der Waals surface area contributed by atoms with Crippen LogP contribution in [0.15, 0.2) is 60.7 Å². The van der Waals surface area contributed by atoms with Crippen LogP contribution in [0.25, 0.3) is 0 Å². The zero-order valence-electron chi connectivity index (χ0n) is 24.2. The third-order valence-corrected chi connectivity index (χ3v) is 6.17. The number of nitrogens with two attached hydrogens (primary N) is 1. The summed E-state index contributed by atoms with van der Waals surface area (Å²) >= 11 is 0. The van der Waals surface area contributed by atoms with E-state index in [2.05, 4.69) is 10.6 Å². The summed E-state index contributed by atoms with van der Waals surface area (Å²) in [6.45, 7) is 6.79. The lowest BCUT2D eigenvalue weighted by Gasteiger charge is -2.24. The van der Waals surface area contributed by atoms with Gasteiger partial charge in [-0.3, -0.25) is 9.69 Å². The SMILES string of the molecule is COC(=O)c1ccc(OCCNCC(=O)Cc2ccc(N(C(N)=O)c3ccccc3C)c(OC)c2)c(NC(C)C)c1. The number of carbonyl (C=O) groups excluding carboxylic acids is 3. The van der Waals surface area contributed by atoms with E-state index in [0.717, 1.165) is 11.1 Å². The molecule has 0 atom stereocenters. The van der Waals surface area contributed by atoms with Gasteiger partial charge < -0.3 is 30.6 Å². The summed E-state index contributed by atoms with van der Waals surface area (Å²) in [5.74, 6) is 0.590. The summed E-state index contributed by atoms with van der Waals surface area (Å²) < 4.78 is 16.2. The maximum absolute atomic E-state index is 12.7. The number of rotatable bonds is 14. The molecule has 0 spiro atoms. The van der Waals surface area contributed by atoms with Crippen LogP contribution in [0.2, 0.25) is 0 Å². The van der Waals surface area contributed by atoms with Crippen LogP contribution >= 0.6 is 0 Å². The van der Waals surface area contributed by atoms with Gasteiger partial charge in [0.15, 0.2) is 5.78 Å². The smallest absolute Gasteiger partial charge is 0.337 e. The zero-order valence-corrected chi connectivity index (χ0v) is 24.2. The van der Waals surface area contributed by atoms with Gasteiger partial charge in [-0.25, -0.2) is 9.59 Å². The van der Waals surface area contributed by atoms with Crippen LogP contribution in [0.4, 0.5) is 21.9 Å². The predicted octanol–water partition coefficient (Wildman–Crippen LogP) is 4.61. The summed E-state index contributed by atoms with van der Waals surface area (Å²) in [6.07, 6.45) is 0.183. The minimum absolute atomic E-state index is 0.0185. The first kappa shape index (κ1) is 31.0. The Kier molecular flexibility index (Phi) is 11.1. The van der Waals surface area contributed by atoms with Crippen molar-refractivity contribution in [1.82, 2.24) is 5.32 Å². The Morgan fingerprint density at radius 2 is 1.71 bits per heavy atom. The predicted molar refractivity (Wildman–Crippen MR) is 160 cm³/mol. The highest BCUT2D eigenvalue weighted by molar-refractivity contribution is 6.00. The molecule has 0 bridgehead atoms. The highest BCUT2D eigenvalue weighted by atomic mass is 16.5. The van der Waals surface area contributed by atoms with Gasteiger partial charge in [-0.2, -0.15) is 0 Å². The standard InChI is InChI=1S/C31H38N4O6/c1-20(2)34-25-18-23(30(37)40-5)11-13-28(25)41-15-14-33-19-24(36)16-22-10-12-27(29(17-22)39-4)35(31(32)38)26-9-7-6-8-21(26)3/h6-13,17-18,20,33-34H,14-16,19H2,1-5H3,(H2,32,38). The second-order valence-electron chi connectivity index (χ2n) is 9.71. The molecule has 0 aliphatic rings. The maximum Gasteiger partial charge on any atom is 0.337 e. The largest absolute Gasteiger partial charge is 0.495 e. The molecule has 0 saturated heterocycles. The Morgan fingerprint density at radius 3 is 2.37 bits per heavy atom. The number of amides is 2. The fraction of sp³-hybridized carbons (Fsp3) is 0.323. The first-order valence-corrected chi connectivity index (χ1v) is 13.3. The van der Waals surface area contributed by atoms with Crippen molar-refractivity contribution >= 4 is 34.8 Å². The van der Waals surface area contributed by atoms with Crippen molar-refractivity contribution < 1.29 is 28.6 Å². The maximum atomic E-state index is 12.7. The quantitative estimate of drug-likeness (QED) is 0.192. The van der Waals surface area contributed by atoms with E-state index in [9.17, 15) is 14.4 Å². The Labute approximate surface area is 240 Å². The molecule has 3 aromatic carbocycles. The lowest BCUT2D eigenvalue weighted by atomic mass is 10.1. The van der Waals surface area contributed by atoms with E-state index in [-0.39, 0.29) is 24.8 Å². The van der Waals surface area contributed by atoms with Crippen molar-refractivity contribution in [3.05, 3.63) is 77.4 Å². The highest BCUT2D eigenvalue weighted by Gasteiger charge is 2.21. The Bertz CT molecular complexity index is 1370. The summed E-state index contributed by atoms with van der Waals surface area (Å²) in [5, 5.41) is 6.38. The molecule has 10 nitrogen and oxygen atoms in total. The molecule has 4 N–H and O–H groups in total. The van der Waals surface area contributed by atoms with E-state index >= 15 is 0 Å². The van der Waals surface area contributed by atoms with E-state index in [4.69, 9.17) is 19.9 Å². The topological polar surface area (TPSA) is 132 Å². The molecule has 218 valence electrons. The van der Waals surface area contributed by atoms with Crippen LogP contribution < -0.4 is 30.7 Å². The summed E-state index contributed by atoms with van der Waals surface area (Å²) in [6, 6.07) is 17.2. The van der Waals surface area contributed by atoms with E-state index < -0.39 is 12.0 Å². The van der Waals surface area contributed by atoms with Gasteiger partial charge in [0.25, 0.3) is 0 Å². The second kappa shape index (κ2) is 14.7. The monoisotopic (exact) mass is 562 g/mol. The molecule has 2 amide bonds. The number of carbonyl (C=O) groups is 3. The van der Waals surface area contributed by atoms with E-state index in [0.29, 0.717) is 47.3 Å². The number of anilines is 3. The van der Waals surface area contributed by atoms with Gasteiger partial charge in [-0.1, -0.05) is 24.3 Å². The molecule has 0 aliphatic carbocycles. The second-order valence-corrected chi connectivity index (χ2v) is 9.71. The number of primary amides is 1. The van der Waals surface area contributed by atoms with Crippen LogP contribution in [-0.2, 0) is 16.0 Å². The lowest BCUT2D eigenvalue weighted by Crippen LogP contribution is -2.32. The Balaban J connectivity index is 1.57. The third-order valence-electron chi connectivity index (χ3n) is 6.17. The van der Waals surface area contributed by atoms with Crippen LogP contribution in [0, 0.1) is 6.92 Å². The molecule has 3 rings (SSSR count). The number of hydrogen-bond acceptors (Lipinski definition) is 8. The van der Waals surface area contributed by atoms with Crippen molar-refractivity contribution in [3.8, 4) is 11.5 Å². The number of benzene rings is 3. The number of methoxy groups -OCH3 is 2. The van der Waals surface area contributed by atoms with Gasteiger partial charge in [0.05, 0.1) is 43.4 Å². The molecule has 0 fully saturated rings. The molecule has 41 heavy (non-hydrogen) atoms. The highest BCUT2D eigenvalue weighted by Crippen LogP contribution is 2.36. The fourth-order valence-corrected chi connectivity index (χ4v) is 4.27. The minimum Gasteiger partial charge on any atom is -0.495 e. The first-order valence-electron chi connectivity index (χ1n) is 13.3. The zero-order chi connectivity index (χ0) is 29.9. The fourth-order valence-electron chi connectivity index (χ4n) is 4.27. The van der Waals surface area contributed by atoms with Crippen LogP contribution in [0.1, 0.15) is 35.3 Å². The molecule has 0 aliphatic heterocycles. The number of para-hydroxylation sites is 1. The van der Waals surface area contributed by atoms with Crippen molar-refractivity contribution in [3.63, 3.8) is 0 Å². The van der Waals surface area contributed by atoms with Crippen LogP contribution in [0.3, 0.4) is 0 Å². The number of ketones is 1. The van der Waals surface area contributed by atoms with Gasteiger partial charge in [0.1, 0.15) is 18.1 Å². The lowest BCUT2D eigenvalue weighted by molar-refractivity contribution is -0.117. The molecule has 10 heteroatoms. The van der Waals surface area contributed by atoms with Crippen LogP contribution in [-0.4, -0.2) is 57.7 Å². The van der Waals surface area contributed by atoms with Crippen molar-refractivity contribution in [1.29, 1.82) is 0 Å². The average molecular weight is 563 g/mol. The normalized spacial score (nSPS) is 10.7. The summed E-state index contributed by atoms with van der Waals surface area (Å²) in [7, 11) is 2.85. The number of hydrogen-bond donors (Lipinski definition) is 3. The van der Waals surface area contributed by atoms with Gasteiger partial charge in [-0.05, 0) is 68.3 Å². The van der Waals surface area contributed by atoms with Crippen molar-refractivity contribution in [2.24, 2.45) is 5.73 Å². The number of nitrogens with zero attached hydrogens (tertiary/aromatic N) is 1. The van der Waals surface area contributed by atoms with Crippen molar-refractivity contribution in [2.75, 3.05) is 44.1 Å². The molecule has 0 aromatic heterocycles. The van der Waals surface area contributed by atoms with E-state index in [1.165, 1.54) is 19.1 Å². The number of ether oxygens (including phenoxy) is 3. The van der Waals surface area contributed by atoms with E-state index in [1.807, 2.05) is 45.0 Å². The van der Waals surface area contributed by atoms with Crippen molar-refractivity contribution in [2.45, 2.75) is 33.2 Å². The summed E-state index contributed by atoms with van der Waals surface area (Å²) in [5.41, 5.74) is 9.61. The number of aryl methyl sites for hydroxylation is 1. The molecule has 0 heterocycles. The number of esters is 1. The first-order chi connectivity index (χ1) is 19.6. The van der Waals surface area contributed by atoms with Gasteiger partial charge >= 0.3 is 12.0 Å². The molecular formula is C31H38N4O6. The average Bonchev–Trinajstić information content (AvgIpc) is 2.94. The number of Topliss-reactive ketones (excluding diaryl/α,β-unsaturated/α-hetero) is 1. The van der Waals surface area contributed by atoms with Gasteiger partial charge in [0, 0.05) is 19.0 Å². The molecule has 0 unspecified atom stereocenters. The number of nitrogens with one attached hydrogen (secondary N) is 2. The number of urea groups is 1. The minimum atomic E-state index is -0.639. The third kappa shape index (κ3) is 8.46. The molecule has 0 saturated carbocycles. The molecule has 3 aromatic rings. The van der Waals surface area contributed by atoms with Gasteiger partial charge in [0.2, 0.25) is 0 Å². The Hall–Kier alpha value is -4.57. The molecular weight excluding hydrogens is 524 g/mol. The van der Waals surface area contributed by atoms with Gasteiger partial charge in [-0.15, -0.1) is 0 Å². The molecule has 0 radical (unpaired) electrons. The summed E-state index contributed by atoms with van der Waals surface area (Å²) in [4.78, 5) is 38.3. The van der Waals surface area contributed by atoms with E-state index in [1.54, 1.807) is 36.4 Å².